The number of halogens is 1. The van der Waals surface area contributed by atoms with Crippen LogP contribution in [0.3, 0.4) is 0 Å². The number of carbonyl (C=O) groups is 1. The van der Waals surface area contributed by atoms with Gasteiger partial charge in [-0.05, 0) is 75.6 Å². The zero-order valence-electron chi connectivity index (χ0n) is 25.2. The van der Waals surface area contributed by atoms with Crippen LogP contribution in [-0.4, -0.2) is 94.9 Å². The van der Waals surface area contributed by atoms with Crippen LogP contribution in [0.5, 0.6) is 5.75 Å². The number of likely N-dealkylation sites (N-methyl/N-ethyl adjacent to an activating group) is 1. The van der Waals surface area contributed by atoms with Crippen molar-refractivity contribution in [3.8, 4) is 5.75 Å². The number of fused-ring (bicyclic) bond motifs is 1. The highest BCUT2D eigenvalue weighted by Crippen LogP contribution is 2.29. The number of nitrogens with zero attached hydrogens (tertiary/aromatic N) is 2. The molecule has 3 rings (SSSR count). The molecule has 1 heterocycles. The van der Waals surface area contributed by atoms with Crippen molar-refractivity contribution in [1.29, 1.82) is 0 Å². The Balaban J connectivity index is 1.98. The highest BCUT2D eigenvalue weighted by molar-refractivity contribution is 7.92. The molecule has 2 N–H and O–H groups in total. The summed E-state index contributed by atoms with van der Waals surface area (Å²) in [5.41, 5.74) is 0.344. The summed E-state index contributed by atoms with van der Waals surface area (Å²) in [6, 6.07) is 9.84. The Morgan fingerprint density at radius 1 is 1.12 bits per heavy atom. The summed E-state index contributed by atoms with van der Waals surface area (Å²) in [6.07, 6.45) is 2.34. The van der Waals surface area contributed by atoms with E-state index in [9.17, 15) is 26.7 Å². The number of aliphatic hydroxyl groups excluding tert-OH is 1. The number of carbonyl (C=O) groups excluding carboxylic acids is 1. The van der Waals surface area contributed by atoms with E-state index in [1.54, 1.807) is 13.0 Å². The van der Waals surface area contributed by atoms with Crippen molar-refractivity contribution in [2.45, 2.75) is 63.2 Å². The van der Waals surface area contributed by atoms with Crippen molar-refractivity contribution in [3.63, 3.8) is 0 Å². The van der Waals surface area contributed by atoms with Crippen LogP contribution in [0.15, 0.2) is 47.4 Å². The first-order valence-electron chi connectivity index (χ1n) is 14.2. The summed E-state index contributed by atoms with van der Waals surface area (Å²) >= 11 is 5.95. The smallest absolute Gasteiger partial charge is 0.258 e. The lowest BCUT2D eigenvalue weighted by molar-refractivity contribution is -0.00833. The van der Waals surface area contributed by atoms with E-state index in [1.165, 1.54) is 52.7 Å². The summed E-state index contributed by atoms with van der Waals surface area (Å²) in [5, 5.41) is 10.5. The minimum absolute atomic E-state index is 0.0280. The van der Waals surface area contributed by atoms with Gasteiger partial charge in [-0.1, -0.05) is 18.5 Å². The molecule has 0 unspecified atom stereocenters. The Morgan fingerprint density at radius 3 is 2.42 bits per heavy atom. The van der Waals surface area contributed by atoms with Gasteiger partial charge in [-0.25, -0.2) is 16.8 Å². The fourth-order valence-corrected chi connectivity index (χ4v) is 6.66. The lowest BCUT2D eigenvalue weighted by atomic mass is 10.0. The van der Waals surface area contributed by atoms with Crippen molar-refractivity contribution >= 4 is 43.2 Å². The molecular weight excluding hydrogens is 618 g/mol. The zero-order chi connectivity index (χ0) is 31.9. The van der Waals surface area contributed by atoms with Crippen LogP contribution in [0.4, 0.5) is 5.69 Å². The van der Waals surface area contributed by atoms with E-state index in [2.05, 4.69) is 4.72 Å². The van der Waals surface area contributed by atoms with Gasteiger partial charge in [-0.2, -0.15) is 4.31 Å². The normalized spacial score (nSPS) is 21.9. The molecule has 1 aliphatic rings. The van der Waals surface area contributed by atoms with E-state index >= 15 is 0 Å². The van der Waals surface area contributed by atoms with E-state index in [0.717, 1.165) is 12.7 Å². The molecule has 11 nitrogen and oxygen atoms in total. The van der Waals surface area contributed by atoms with Crippen LogP contribution in [0.2, 0.25) is 5.02 Å². The quantitative estimate of drug-likeness (QED) is 0.436. The molecule has 4 atom stereocenters. The van der Waals surface area contributed by atoms with E-state index in [4.69, 9.17) is 21.1 Å². The Kier molecular flexibility index (Phi) is 12.3. The van der Waals surface area contributed by atoms with Gasteiger partial charge in [0.25, 0.3) is 5.91 Å². The van der Waals surface area contributed by atoms with Crippen LogP contribution in [0.1, 0.15) is 50.4 Å². The largest absolute Gasteiger partial charge is 0.490 e. The molecule has 2 aromatic rings. The maximum absolute atomic E-state index is 14.1. The van der Waals surface area contributed by atoms with E-state index in [1.807, 2.05) is 13.8 Å². The van der Waals surface area contributed by atoms with Crippen molar-refractivity contribution in [2.24, 2.45) is 5.92 Å². The van der Waals surface area contributed by atoms with Gasteiger partial charge in [0.15, 0.2) is 0 Å². The van der Waals surface area contributed by atoms with Crippen LogP contribution in [-0.2, 0) is 24.8 Å². The molecule has 1 aliphatic heterocycles. The molecule has 0 saturated carbocycles. The predicted octanol–water partition coefficient (Wildman–Crippen LogP) is 3.83. The Morgan fingerprint density at radius 2 is 1.79 bits per heavy atom. The number of hydrogen-bond donors (Lipinski definition) is 2. The lowest BCUT2D eigenvalue weighted by Gasteiger charge is -2.35. The average Bonchev–Trinajstić information content (AvgIpc) is 2.93. The van der Waals surface area contributed by atoms with E-state index in [-0.39, 0.29) is 47.9 Å². The third kappa shape index (κ3) is 9.79. The fraction of sp³-hybridized carbons (Fsp3) is 0.552. The molecular formula is C29H42ClN3O8S2. The summed E-state index contributed by atoms with van der Waals surface area (Å²) in [7, 11) is -5.98. The molecule has 0 saturated heterocycles. The summed E-state index contributed by atoms with van der Waals surface area (Å²) in [4.78, 5) is 15.7. The van der Waals surface area contributed by atoms with Crippen molar-refractivity contribution in [2.75, 3.05) is 44.3 Å². The van der Waals surface area contributed by atoms with Crippen molar-refractivity contribution < 1.29 is 36.2 Å². The Hall–Kier alpha value is -2.42. The third-order valence-corrected chi connectivity index (χ3v) is 10.0. The first-order valence-corrected chi connectivity index (χ1v) is 17.9. The van der Waals surface area contributed by atoms with Crippen molar-refractivity contribution in [3.05, 3.63) is 53.1 Å². The molecule has 2 aromatic carbocycles. The fourth-order valence-electron chi connectivity index (χ4n) is 4.80. The van der Waals surface area contributed by atoms with Crippen LogP contribution in [0, 0.1) is 5.92 Å². The van der Waals surface area contributed by atoms with Gasteiger partial charge in [0.05, 0.1) is 41.6 Å². The number of benzene rings is 2. The highest BCUT2D eigenvalue weighted by atomic mass is 35.5. The zero-order valence-corrected chi connectivity index (χ0v) is 27.6. The summed E-state index contributed by atoms with van der Waals surface area (Å²) < 4.78 is 66.5. The SMILES string of the molecule is C[C@H](CO)N1C[C@H](C)[C@H](CN(C)S(=O)(=O)c2ccc(Cl)cc2)OCCCC[C@H](C)Oc2ccc(NS(C)(=O)=O)cc2C1=O. The number of sulfonamides is 2. The maximum Gasteiger partial charge on any atom is 0.258 e. The second-order valence-electron chi connectivity index (χ2n) is 11.1. The van der Waals surface area contributed by atoms with Gasteiger partial charge in [0.2, 0.25) is 20.0 Å². The van der Waals surface area contributed by atoms with Crippen LogP contribution >= 0.6 is 11.6 Å². The minimum atomic E-state index is -3.85. The van der Waals surface area contributed by atoms with Gasteiger partial charge in [0, 0.05) is 43.4 Å². The molecule has 0 spiro atoms. The minimum Gasteiger partial charge on any atom is -0.490 e. The highest BCUT2D eigenvalue weighted by Gasteiger charge is 2.32. The number of ether oxygens (including phenoxy) is 2. The standard InChI is InChI=1S/C29H42ClN3O8S2/c1-20-17-33(21(2)19-34)29(35)26-16-24(31-42(5,36)37)11-14-27(26)41-22(3)8-6-7-15-40-28(20)18-32(4)43(38,39)25-12-9-23(30)10-13-25/h9-14,16,20-22,28,31,34H,6-8,15,17-19H2,1-5H3/t20-,21+,22-,28-/m0/s1. The molecule has 14 heteroatoms. The molecule has 0 bridgehead atoms. The number of hydrogen-bond acceptors (Lipinski definition) is 8. The second kappa shape index (κ2) is 15.0. The van der Waals surface area contributed by atoms with Gasteiger partial charge in [-0.3, -0.25) is 9.52 Å². The van der Waals surface area contributed by atoms with Gasteiger partial charge < -0.3 is 19.5 Å². The first kappa shape index (κ1) is 35.1. The monoisotopic (exact) mass is 659 g/mol. The van der Waals surface area contributed by atoms with Gasteiger partial charge >= 0.3 is 0 Å². The molecule has 240 valence electrons. The molecule has 1 amide bonds. The number of anilines is 1. The number of aliphatic hydroxyl groups is 1. The summed E-state index contributed by atoms with van der Waals surface area (Å²) in [6.45, 7) is 5.66. The van der Waals surface area contributed by atoms with Crippen LogP contribution in [0.25, 0.3) is 0 Å². The topological polar surface area (TPSA) is 143 Å². The number of amides is 1. The Labute approximate surface area is 260 Å². The second-order valence-corrected chi connectivity index (χ2v) is 15.4. The third-order valence-electron chi connectivity index (χ3n) is 7.31. The molecule has 0 radical (unpaired) electrons. The first-order chi connectivity index (χ1) is 20.1. The molecule has 43 heavy (non-hydrogen) atoms. The molecule has 0 aliphatic carbocycles. The Bertz CT molecular complexity index is 1450. The average molecular weight is 660 g/mol. The predicted molar refractivity (Wildman–Crippen MR) is 167 cm³/mol. The van der Waals surface area contributed by atoms with Crippen LogP contribution < -0.4 is 9.46 Å². The lowest BCUT2D eigenvalue weighted by Crippen LogP contribution is -2.48. The number of nitrogens with one attached hydrogen (secondary N) is 1. The molecule has 0 fully saturated rings. The summed E-state index contributed by atoms with van der Waals surface area (Å²) in [5.74, 6) is -0.520. The van der Waals surface area contributed by atoms with Gasteiger partial charge in [-0.15, -0.1) is 0 Å². The van der Waals surface area contributed by atoms with Crippen molar-refractivity contribution in [1.82, 2.24) is 9.21 Å². The number of rotatable bonds is 8. The van der Waals surface area contributed by atoms with E-state index < -0.39 is 38.1 Å². The molecule has 0 aromatic heterocycles. The maximum atomic E-state index is 14.1. The van der Waals surface area contributed by atoms with Gasteiger partial charge in [0.1, 0.15) is 5.75 Å². The van der Waals surface area contributed by atoms with E-state index in [0.29, 0.717) is 30.2 Å².